The van der Waals surface area contributed by atoms with Gasteiger partial charge >= 0.3 is 5.97 Å². The molecule has 1 rings (SSSR count). The minimum absolute atomic E-state index is 0.0799. The molecule has 3 heteroatoms. The summed E-state index contributed by atoms with van der Waals surface area (Å²) in [4.78, 5) is 10.2. The van der Waals surface area contributed by atoms with Crippen molar-refractivity contribution < 1.29 is 14.6 Å². The molecule has 0 aliphatic carbocycles. The van der Waals surface area contributed by atoms with E-state index in [2.05, 4.69) is 0 Å². The smallest absolute Gasteiger partial charge is 0.306 e. The van der Waals surface area contributed by atoms with E-state index in [0.717, 1.165) is 6.42 Å². The van der Waals surface area contributed by atoms with E-state index in [-0.39, 0.29) is 12.5 Å². The zero-order valence-electron chi connectivity index (χ0n) is 5.62. The summed E-state index contributed by atoms with van der Waals surface area (Å²) in [5.41, 5.74) is 0. The summed E-state index contributed by atoms with van der Waals surface area (Å²) in [6.45, 7) is 0.647. The van der Waals surface area contributed by atoms with Crippen LogP contribution in [0.15, 0.2) is 12.2 Å². The van der Waals surface area contributed by atoms with Gasteiger partial charge in [-0.1, -0.05) is 12.2 Å². The highest BCUT2D eigenvalue weighted by atomic mass is 16.5. The number of hydrogen-bond donors (Lipinski definition) is 1. The van der Waals surface area contributed by atoms with Gasteiger partial charge in [-0.3, -0.25) is 4.79 Å². The second kappa shape index (κ2) is 3.37. The first-order chi connectivity index (χ1) is 4.79. The van der Waals surface area contributed by atoms with Crippen LogP contribution >= 0.6 is 0 Å². The first kappa shape index (κ1) is 7.28. The summed E-state index contributed by atoms with van der Waals surface area (Å²) in [6.07, 6.45) is 4.53. The van der Waals surface area contributed by atoms with Crippen LogP contribution in [0.25, 0.3) is 0 Å². The lowest BCUT2D eigenvalue weighted by molar-refractivity contribution is -0.139. The molecule has 56 valence electrons. The topological polar surface area (TPSA) is 46.5 Å². The molecule has 0 spiro atoms. The Balaban J connectivity index is 2.33. The van der Waals surface area contributed by atoms with Crippen LogP contribution in [0.5, 0.6) is 0 Å². The highest BCUT2D eigenvalue weighted by Gasteiger charge is 2.11. The Morgan fingerprint density at radius 3 is 3.10 bits per heavy atom. The largest absolute Gasteiger partial charge is 0.481 e. The molecule has 10 heavy (non-hydrogen) atoms. The molecule has 0 radical (unpaired) electrons. The van der Waals surface area contributed by atoms with Crippen LogP contribution in [0, 0.1) is 0 Å². The van der Waals surface area contributed by atoms with Gasteiger partial charge in [-0.05, 0) is 6.42 Å². The summed E-state index contributed by atoms with van der Waals surface area (Å²) in [5, 5.41) is 8.35. The molecule has 1 aliphatic rings. The Morgan fingerprint density at radius 2 is 2.60 bits per heavy atom. The van der Waals surface area contributed by atoms with Crippen LogP contribution in [0.4, 0.5) is 0 Å². The lowest BCUT2D eigenvalue weighted by Crippen LogP contribution is -2.18. The Labute approximate surface area is 59.3 Å². The number of carboxylic acids is 1. The number of carbonyl (C=O) groups is 1. The molecule has 3 nitrogen and oxygen atoms in total. The van der Waals surface area contributed by atoms with Gasteiger partial charge in [-0.15, -0.1) is 0 Å². The van der Waals surface area contributed by atoms with E-state index in [1.807, 2.05) is 6.08 Å². The average molecular weight is 142 g/mol. The monoisotopic (exact) mass is 142 g/mol. The molecule has 0 bridgehead atoms. The Kier molecular flexibility index (Phi) is 2.45. The molecule has 1 atom stereocenters. The van der Waals surface area contributed by atoms with Crippen LogP contribution in [0.2, 0.25) is 0 Å². The molecule has 0 aromatic carbocycles. The van der Waals surface area contributed by atoms with Crippen LogP contribution < -0.4 is 0 Å². The van der Waals surface area contributed by atoms with Gasteiger partial charge in [0.2, 0.25) is 0 Å². The van der Waals surface area contributed by atoms with E-state index in [0.29, 0.717) is 6.61 Å². The van der Waals surface area contributed by atoms with Gasteiger partial charge in [0.25, 0.3) is 0 Å². The fourth-order valence-electron chi connectivity index (χ4n) is 0.890. The summed E-state index contributed by atoms with van der Waals surface area (Å²) >= 11 is 0. The molecule has 0 aromatic heterocycles. The first-order valence-electron chi connectivity index (χ1n) is 3.29. The van der Waals surface area contributed by atoms with Gasteiger partial charge in [0.1, 0.15) is 0 Å². The van der Waals surface area contributed by atoms with E-state index in [9.17, 15) is 4.79 Å². The predicted octanol–water partition coefficient (Wildman–Crippen LogP) is 0.806. The van der Waals surface area contributed by atoms with Crippen LogP contribution in [-0.2, 0) is 9.53 Å². The number of hydrogen-bond acceptors (Lipinski definition) is 2. The molecule has 1 unspecified atom stereocenters. The third kappa shape index (κ3) is 2.19. The Hall–Kier alpha value is -0.830. The van der Waals surface area contributed by atoms with Crippen LogP contribution in [0.3, 0.4) is 0 Å². The standard InChI is InChI=1S/C7H10O3/c8-7(9)5-6-3-1-2-4-10-6/h1,3,6H,2,4-5H2,(H,8,9). The first-order valence-corrected chi connectivity index (χ1v) is 3.29. The van der Waals surface area contributed by atoms with Crippen molar-refractivity contribution >= 4 is 5.97 Å². The molecule has 1 aliphatic heterocycles. The molecule has 0 amide bonds. The maximum atomic E-state index is 10.2. The van der Waals surface area contributed by atoms with E-state index in [1.54, 1.807) is 6.08 Å². The van der Waals surface area contributed by atoms with Crippen molar-refractivity contribution in [1.82, 2.24) is 0 Å². The van der Waals surface area contributed by atoms with Crippen molar-refractivity contribution in [2.24, 2.45) is 0 Å². The maximum Gasteiger partial charge on any atom is 0.306 e. The second-order valence-corrected chi connectivity index (χ2v) is 2.22. The summed E-state index contributed by atoms with van der Waals surface area (Å²) < 4.78 is 5.12. The van der Waals surface area contributed by atoms with E-state index in [1.165, 1.54) is 0 Å². The van der Waals surface area contributed by atoms with Crippen molar-refractivity contribution in [3.63, 3.8) is 0 Å². The van der Waals surface area contributed by atoms with Crippen molar-refractivity contribution in [2.45, 2.75) is 18.9 Å². The summed E-state index contributed by atoms with van der Waals surface area (Å²) in [6, 6.07) is 0. The number of ether oxygens (including phenoxy) is 1. The molecule has 0 fully saturated rings. The molecular formula is C7H10O3. The number of aliphatic carboxylic acids is 1. The maximum absolute atomic E-state index is 10.2. The minimum Gasteiger partial charge on any atom is -0.481 e. The fraction of sp³-hybridized carbons (Fsp3) is 0.571. The van der Waals surface area contributed by atoms with Crippen molar-refractivity contribution in [3.05, 3.63) is 12.2 Å². The minimum atomic E-state index is -0.809. The zero-order chi connectivity index (χ0) is 7.40. The van der Waals surface area contributed by atoms with Crippen molar-refractivity contribution in [3.8, 4) is 0 Å². The fourth-order valence-corrected chi connectivity index (χ4v) is 0.890. The van der Waals surface area contributed by atoms with Crippen molar-refractivity contribution in [2.75, 3.05) is 6.61 Å². The van der Waals surface area contributed by atoms with Gasteiger partial charge in [0, 0.05) is 0 Å². The Morgan fingerprint density at radius 1 is 1.80 bits per heavy atom. The molecule has 1 N–H and O–H groups in total. The van der Waals surface area contributed by atoms with Crippen molar-refractivity contribution in [1.29, 1.82) is 0 Å². The summed E-state index contributed by atoms with van der Waals surface area (Å²) in [5.74, 6) is -0.809. The normalized spacial score (nSPS) is 24.6. The third-order valence-corrected chi connectivity index (χ3v) is 1.34. The molecular weight excluding hydrogens is 132 g/mol. The third-order valence-electron chi connectivity index (χ3n) is 1.34. The lowest BCUT2D eigenvalue weighted by atomic mass is 10.2. The lowest BCUT2D eigenvalue weighted by Gasteiger charge is -2.14. The van der Waals surface area contributed by atoms with E-state index in [4.69, 9.17) is 9.84 Å². The van der Waals surface area contributed by atoms with E-state index >= 15 is 0 Å². The molecule has 1 heterocycles. The zero-order valence-corrected chi connectivity index (χ0v) is 5.62. The predicted molar refractivity (Wildman–Crippen MR) is 35.7 cm³/mol. The average Bonchev–Trinajstić information content (AvgIpc) is 1.88. The number of carboxylic acid groups (broad SMARTS) is 1. The molecule has 0 saturated carbocycles. The quantitative estimate of drug-likeness (QED) is 0.580. The van der Waals surface area contributed by atoms with Crippen LogP contribution in [0.1, 0.15) is 12.8 Å². The summed E-state index contributed by atoms with van der Waals surface area (Å²) in [7, 11) is 0. The van der Waals surface area contributed by atoms with Gasteiger partial charge < -0.3 is 9.84 Å². The molecule has 0 saturated heterocycles. The van der Waals surface area contributed by atoms with Gasteiger partial charge in [0.05, 0.1) is 19.1 Å². The second-order valence-electron chi connectivity index (χ2n) is 2.22. The highest BCUT2D eigenvalue weighted by molar-refractivity contribution is 5.67. The SMILES string of the molecule is O=C(O)CC1C=CCCO1. The van der Waals surface area contributed by atoms with Gasteiger partial charge in [-0.2, -0.15) is 0 Å². The van der Waals surface area contributed by atoms with Crippen LogP contribution in [-0.4, -0.2) is 23.8 Å². The van der Waals surface area contributed by atoms with Gasteiger partial charge in [0.15, 0.2) is 0 Å². The Bertz CT molecular complexity index is 151. The number of rotatable bonds is 2. The highest BCUT2D eigenvalue weighted by Crippen LogP contribution is 2.07. The van der Waals surface area contributed by atoms with Gasteiger partial charge in [-0.25, -0.2) is 0 Å². The molecule has 0 aromatic rings. The van der Waals surface area contributed by atoms with E-state index < -0.39 is 5.97 Å².